The molecule has 4 heteroatoms. The quantitative estimate of drug-likeness (QED) is 0.816. The summed E-state index contributed by atoms with van der Waals surface area (Å²) in [6.07, 6.45) is 4.10. The molecule has 0 saturated carbocycles. The minimum Gasteiger partial charge on any atom is -0.382 e. The lowest BCUT2D eigenvalue weighted by molar-refractivity contribution is 0.215. The van der Waals surface area contributed by atoms with Crippen LogP contribution in [0.2, 0.25) is 0 Å². The molecule has 2 rings (SSSR count). The van der Waals surface area contributed by atoms with Gasteiger partial charge in [0.2, 0.25) is 0 Å². The van der Waals surface area contributed by atoms with Crippen LogP contribution in [0.3, 0.4) is 0 Å². The van der Waals surface area contributed by atoms with Crippen LogP contribution in [0, 0.1) is 6.92 Å². The van der Waals surface area contributed by atoms with Gasteiger partial charge in [0.25, 0.3) is 0 Å². The molecule has 0 fully saturated rings. The Bertz CT molecular complexity index is 413. The molecule has 1 atom stereocenters. The highest BCUT2D eigenvalue weighted by atomic mass is 32.1. The third kappa shape index (κ3) is 1.81. The van der Waals surface area contributed by atoms with Crippen molar-refractivity contribution in [1.82, 2.24) is 9.97 Å². The molecule has 2 heterocycles. The predicted molar refractivity (Wildman–Crippen MR) is 55.1 cm³/mol. The van der Waals surface area contributed by atoms with Crippen molar-refractivity contribution in [2.24, 2.45) is 0 Å². The van der Waals surface area contributed by atoms with Gasteiger partial charge in [0.1, 0.15) is 6.10 Å². The van der Waals surface area contributed by atoms with Crippen LogP contribution in [0.4, 0.5) is 0 Å². The highest BCUT2D eigenvalue weighted by Crippen LogP contribution is 2.24. The Morgan fingerprint density at radius 1 is 1.43 bits per heavy atom. The number of aliphatic hydroxyl groups is 1. The fraction of sp³-hybridized carbons (Fsp3) is 0.200. The number of thiophene rings is 1. The van der Waals surface area contributed by atoms with E-state index >= 15 is 0 Å². The molecule has 2 aromatic heterocycles. The molecule has 1 N–H and O–H groups in total. The van der Waals surface area contributed by atoms with Gasteiger partial charge in [-0.1, -0.05) is 0 Å². The molecule has 0 aliphatic rings. The van der Waals surface area contributed by atoms with E-state index < -0.39 is 6.10 Å². The molecule has 0 saturated heterocycles. The first-order valence-corrected chi connectivity index (χ1v) is 5.14. The normalized spacial score (nSPS) is 12.7. The monoisotopic (exact) mass is 206 g/mol. The molecule has 72 valence electrons. The zero-order chi connectivity index (χ0) is 9.97. The number of aromatic nitrogens is 2. The topological polar surface area (TPSA) is 46.0 Å². The van der Waals surface area contributed by atoms with Gasteiger partial charge in [-0.15, -0.1) is 11.3 Å². The van der Waals surface area contributed by atoms with Crippen molar-refractivity contribution in [2.75, 3.05) is 0 Å². The number of rotatable bonds is 2. The average molecular weight is 206 g/mol. The summed E-state index contributed by atoms with van der Waals surface area (Å²) in [5.74, 6) is 0. The van der Waals surface area contributed by atoms with Gasteiger partial charge in [0.15, 0.2) is 0 Å². The number of aliphatic hydroxyl groups excluding tert-OH is 1. The first kappa shape index (κ1) is 9.30. The van der Waals surface area contributed by atoms with E-state index in [0.717, 1.165) is 5.56 Å². The van der Waals surface area contributed by atoms with Crippen LogP contribution < -0.4 is 0 Å². The molecule has 0 aliphatic heterocycles. The van der Waals surface area contributed by atoms with Gasteiger partial charge in [-0.3, -0.25) is 9.97 Å². The molecule has 14 heavy (non-hydrogen) atoms. The molecule has 1 unspecified atom stereocenters. The second-order valence-electron chi connectivity index (χ2n) is 3.02. The van der Waals surface area contributed by atoms with E-state index in [9.17, 15) is 5.11 Å². The molecular formula is C10H10N2OS. The maximum atomic E-state index is 9.91. The molecule has 0 spiro atoms. The Morgan fingerprint density at radius 2 is 2.29 bits per heavy atom. The SMILES string of the molecule is Cc1cc(C(O)c2cnccn2)cs1. The van der Waals surface area contributed by atoms with Crippen LogP contribution >= 0.6 is 11.3 Å². The van der Waals surface area contributed by atoms with Crippen LogP contribution in [-0.2, 0) is 0 Å². The first-order valence-electron chi connectivity index (χ1n) is 4.26. The van der Waals surface area contributed by atoms with Crippen molar-refractivity contribution in [1.29, 1.82) is 0 Å². The van der Waals surface area contributed by atoms with Gasteiger partial charge in [-0.05, 0) is 23.9 Å². The molecule has 0 amide bonds. The van der Waals surface area contributed by atoms with Crippen molar-refractivity contribution < 1.29 is 5.11 Å². The Morgan fingerprint density at radius 3 is 2.86 bits per heavy atom. The van der Waals surface area contributed by atoms with E-state index in [1.54, 1.807) is 29.9 Å². The lowest BCUT2D eigenvalue weighted by Crippen LogP contribution is -2.00. The van der Waals surface area contributed by atoms with E-state index in [1.165, 1.54) is 4.88 Å². The third-order valence-electron chi connectivity index (χ3n) is 1.93. The largest absolute Gasteiger partial charge is 0.382 e. The van der Waals surface area contributed by atoms with Crippen LogP contribution in [-0.4, -0.2) is 15.1 Å². The lowest BCUT2D eigenvalue weighted by atomic mass is 10.1. The van der Waals surface area contributed by atoms with Crippen LogP contribution in [0.15, 0.2) is 30.0 Å². The Kier molecular flexibility index (Phi) is 2.56. The molecule has 0 aliphatic carbocycles. The highest BCUT2D eigenvalue weighted by molar-refractivity contribution is 7.10. The molecule has 3 nitrogen and oxygen atoms in total. The van der Waals surface area contributed by atoms with Crippen molar-refractivity contribution in [2.45, 2.75) is 13.0 Å². The maximum Gasteiger partial charge on any atom is 0.123 e. The van der Waals surface area contributed by atoms with Gasteiger partial charge in [-0.25, -0.2) is 0 Å². The van der Waals surface area contributed by atoms with Crippen molar-refractivity contribution in [3.05, 3.63) is 46.2 Å². The van der Waals surface area contributed by atoms with Gasteiger partial charge in [-0.2, -0.15) is 0 Å². The second kappa shape index (κ2) is 3.86. The summed E-state index contributed by atoms with van der Waals surface area (Å²) >= 11 is 1.62. The van der Waals surface area contributed by atoms with Crippen molar-refractivity contribution >= 4 is 11.3 Å². The summed E-state index contributed by atoms with van der Waals surface area (Å²) < 4.78 is 0. The van der Waals surface area contributed by atoms with Crippen LogP contribution in [0.1, 0.15) is 22.2 Å². The Balaban J connectivity index is 2.29. The minimum absolute atomic E-state index is 0.588. The van der Waals surface area contributed by atoms with E-state index in [2.05, 4.69) is 9.97 Å². The third-order valence-corrected chi connectivity index (χ3v) is 2.81. The Hall–Kier alpha value is -1.26. The summed E-state index contributed by atoms with van der Waals surface area (Å²) in [6.45, 7) is 2.01. The minimum atomic E-state index is -0.659. The van der Waals surface area contributed by atoms with Crippen molar-refractivity contribution in [3.8, 4) is 0 Å². The number of hydrogen-bond acceptors (Lipinski definition) is 4. The average Bonchev–Trinajstić information content (AvgIpc) is 2.65. The van der Waals surface area contributed by atoms with E-state index in [4.69, 9.17) is 0 Å². The fourth-order valence-electron chi connectivity index (χ4n) is 1.23. The Labute approximate surface area is 86.1 Å². The van der Waals surface area contributed by atoms with Crippen LogP contribution in [0.5, 0.6) is 0 Å². The highest BCUT2D eigenvalue weighted by Gasteiger charge is 2.12. The van der Waals surface area contributed by atoms with Gasteiger partial charge in [0.05, 0.1) is 11.9 Å². The van der Waals surface area contributed by atoms with E-state index in [-0.39, 0.29) is 0 Å². The molecule has 2 aromatic rings. The summed E-state index contributed by atoms with van der Waals surface area (Å²) in [5, 5.41) is 11.8. The predicted octanol–water partition coefficient (Wildman–Crippen LogP) is 1.93. The number of hydrogen-bond donors (Lipinski definition) is 1. The summed E-state index contributed by atoms with van der Waals surface area (Å²) in [4.78, 5) is 9.16. The fourth-order valence-corrected chi connectivity index (χ4v) is 1.95. The van der Waals surface area contributed by atoms with Gasteiger partial charge >= 0.3 is 0 Å². The molecule has 0 bridgehead atoms. The summed E-state index contributed by atoms with van der Waals surface area (Å²) in [7, 11) is 0. The van der Waals surface area contributed by atoms with Gasteiger partial charge < -0.3 is 5.11 Å². The van der Waals surface area contributed by atoms with Gasteiger partial charge in [0, 0.05) is 17.3 Å². The summed E-state index contributed by atoms with van der Waals surface area (Å²) in [6, 6.07) is 1.96. The second-order valence-corrected chi connectivity index (χ2v) is 4.14. The summed E-state index contributed by atoms with van der Waals surface area (Å²) in [5.41, 5.74) is 1.47. The zero-order valence-electron chi connectivity index (χ0n) is 7.71. The van der Waals surface area contributed by atoms with Crippen molar-refractivity contribution in [3.63, 3.8) is 0 Å². The maximum absolute atomic E-state index is 9.91. The molecule has 0 aromatic carbocycles. The standard InChI is InChI=1S/C10H10N2OS/c1-7-4-8(6-14-7)10(13)9-5-11-2-3-12-9/h2-6,10,13H,1H3. The molecular weight excluding hydrogens is 196 g/mol. The smallest absolute Gasteiger partial charge is 0.123 e. The zero-order valence-corrected chi connectivity index (χ0v) is 8.53. The lowest BCUT2D eigenvalue weighted by Gasteiger charge is -2.06. The molecule has 0 radical (unpaired) electrons. The van der Waals surface area contributed by atoms with Crippen LogP contribution in [0.25, 0.3) is 0 Å². The first-order chi connectivity index (χ1) is 6.77. The van der Waals surface area contributed by atoms with E-state index in [0.29, 0.717) is 5.69 Å². The van der Waals surface area contributed by atoms with E-state index in [1.807, 2.05) is 18.4 Å². The number of nitrogens with zero attached hydrogens (tertiary/aromatic N) is 2. The number of aryl methyl sites for hydroxylation is 1.